The van der Waals surface area contributed by atoms with Crippen LogP contribution in [0.25, 0.3) is 10.8 Å². The Bertz CT molecular complexity index is 883. The summed E-state index contributed by atoms with van der Waals surface area (Å²) in [5.74, 6) is 0. The summed E-state index contributed by atoms with van der Waals surface area (Å²) in [7, 11) is 0. The summed E-state index contributed by atoms with van der Waals surface area (Å²) >= 11 is 0. The molecule has 2 N–H and O–H groups in total. The van der Waals surface area contributed by atoms with Gasteiger partial charge in [0.2, 0.25) is 0 Å². The molecule has 118 valence electrons. The van der Waals surface area contributed by atoms with Crippen LogP contribution in [0.15, 0.2) is 53.3 Å². The highest BCUT2D eigenvalue weighted by molar-refractivity contribution is 5.83. The summed E-state index contributed by atoms with van der Waals surface area (Å²) in [6.45, 7) is 3.21. The highest BCUT2D eigenvalue weighted by Crippen LogP contribution is 2.18. The van der Waals surface area contributed by atoms with Gasteiger partial charge in [-0.15, -0.1) is 0 Å². The average molecular weight is 307 g/mol. The van der Waals surface area contributed by atoms with Gasteiger partial charge < -0.3 is 5.73 Å². The lowest BCUT2D eigenvalue weighted by atomic mass is 10.0. The van der Waals surface area contributed by atoms with Crippen molar-refractivity contribution in [3.05, 3.63) is 75.7 Å². The lowest BCUT2D eigenvalue weighted by Crippen LogP contribution is -2.26. The van der Waals surface area contributed by atoms with E-state index in [0.29, 0.717) is 13.1 Å². The number of hydrogen-bond donors (Lipinski definition) is 1. The summed E-state index contributed by atoms with van der Waals surface area (Å²) in [5.41, 5.74) is 8.94. The zero-order chi connectivity index (χ0) is 16.2. The first kappa shape index (κ1) is 15.4. The standard InChI is InChI=1S/C19H21N3O/c1-14-7-2-3-8-15(14)13-18-16-9-4-5-10-17(16)19(23)22(21-18)12-6-11-20/h2-5,7-10H,6,11-13,20H2,1H3. The first-order valence-electron chi connectivity index (χ1n) is 7.94. The Morgan fingerprint density at radius 3 is 2.48 bits per heavy atom. The second kappa shape index (κ2) is 6.75. The van der Waals surface area contributed by atoms with Crippen LogP contribution in [-0.2, 0) is 13.0 Å². The number of rotatable bonds is 5. The molecule has 0 unspecified atom stereocenters. The minimum absolute atomic E-state index is 0.0393. The van der Waals surface area contributed by atoms with E-state index in [0.717, 1.165) is 29.3 Å². The molecule has 4 heteroatoms. The van der Waals surface area contributed by atoms with E-state index in [1.165, 1.54) is 11.1 Å². The molecule has 3 rings (SSSR count). The average Bonchev–Trinajstić information content (AvgIpc) is 2.58. The molecule has 0 spiro atoms. The van der Waals surface area contributed by atoms with Crippen molar-refractivity contribution in [2.24, 2.45) is 5.73 Å². The smallest absolute Gasteiger partial charge is 0.274 e. The van der Waals surface area contributed by atoms with Gasteiger partial charge in [-0.2, -0.15) is 5.10 Å². The first-order chi connectivity index (χ1) is 11.2. The van der Waals surface area contributed by atoms with Crippen LogP contribution >= 0.6 is 0 Å². The molecule has 3 aromatic rings. The maximum absolute atomic E-state index is 12.6. The normalized spacial score (nSPS) is 11.0. The predicted octanol–water partition coefficient (Wildman–Crippen LogP) is 2.64. The Labute approximate surface area is 135 Å². The van der Waals surface area contributed by atoms with E-state index in [9.17, 15) is 4.79 Å². The molecule has 0 aliphatic carbocycles. The van der Waals surface area contributed by atoms with Gasteiger partial charge in [0.1, 0.15) is 0 Å². The molecule has 0 atom stereocenters. The third-order valence-corrected chi connectivity index (χ3v) is 4.14. The Morgan fingerprint density at radius 2 is 1.74 bits per heavy atom. The van der Waals surface area contributed by atoms with Crippen molar-refractivity contribution >= 4 is 10.8 Å². The van der Waals surface area contributed by atoms with Crippen LogP contribution in [0.5, 0.6) is 0 Å². The van der Waals surface area contributed by atoms with Crippen LogP contribution in [0.3, 0.4) is 0 Å². The Balaban J connectivity index is 2.13. The molecule has 0 saturated carbocycles. The quantitative estimate of drug-likeness (QED) is 0.788. The number of aryl methyl sites for hydroxylation is 2. The van der Waals surface area contributed by atoms with Crippen LogP contribution < -0.4 is 11.3 Å². The van der Waals surface area contributed by atoms with Gasteiger partial charge in [0.25, 0.3) is 5.56 Å². The van der Waals surface area contributed by atoms with Gasteiger partial charge >= 0.3 is 0 Å². The Hall–Kier alpha value is -2.46. The molecule has 0 bridgehead atoms. The fraction of sp³-hybridized carbons (Fsp3) is 0.263. The van der Waals surface area contributed by atoms with Crippen molar-refractivity contribution in [3.63, 3.8) is 0 Å². The lowest BCUT2D eigenvalue weighted by Gasteiger charge is -2.12. The van der Waals surface area contributed by atoms with Gasteiger partial charge in [-0.1, -0.05) is 42.5 Å². The minimum Gasteiger partial charge on any atom is -0.330 e. The molecule has 0 amide bonds. The summed E-state index contributed by atoms with van der Waals surface area (Å²) in [4.78, 5) is 12.6. The number of nitrogens with zero attached hydrogens (tertiary/aromatic N) is 2. The molecule has 0 aliphatic heterocycles. The Morgan fingerprint density at radius 1 is 1.04 bits per heavy atom. The fourth-order valence-electron chi connectivity index (χ4n) is 2.82. The fourth-order valence-corrected chi connectivity index (χ4v) is 2.82. The van der Waals surface area contributed by atoms with Gasteiger partial charge in [-0.25, -0.2) is 4.68 Å². The van der Waals surface area contributed by atoms with Gasteiger partial charge in [-0.3, -0.25) is 4.79 Å². The molecular formula is C19H21N3O. The summed E-state index contributed by atoms with van der Waals surface area (Å²) < 4.78 is 1.56. The summed E-state index contributed by atoms with van der Waals surface area (Å²) in [6, 6.07) is 16.0. The largest absolute Gasteiger partial charge is 0.330 e. The Kier molecular flexibility index (Phi) is 4.53. The molecule has 4 nitrogen and oxygen atoms in total. The van der Waals surface area contributed by atoms with Gasteiger partial charge in [0.15, 0.2) is 0 Å². The second-order valence-electron chi connectivity index (χ2n) is 5.77. The van der Waals surface area contributed by atoms with E-state index in [1.807, 2.05) is 36.4 Å². The maximum Gasteiger partial charge on any atom is 0.274 e. The van der Waals surface area contributed by atoms with Crippen LogP contribution in [-0.4, -0.2) is 16.3 Å². The van der Waals surface area contributed by atoms with E-state index < -0.39 is 0 Å². The van der Waals surface area contributed by atoms with Crippen molar-refractivity contribution in [2.45, 2.75) is 26.3 Å². The zero-order valence-corrected chi connectivity index (χ0v) is 13.3. The van der Waals surface area contributed by atoms with Crippen molar-refractivity contribution in [1.82, 2.24) is 9.78 Å². The third-order valence-electron chi connectivity index (χ3n) is 4.14. The van der Waals surface area contributed by atoms with Gasteiger partial charge in [-0.05, 0) is 37.1 Å². The van der Waals surface area contributed by atoms with Crippen LogP contribution in [0.4, 0.5) is 0 Å². The van der Waals surface area contributed by atoms with E-state index in [1.54, 1.807) is 4.68 Å². The molecule has 1 aromatic heterocycles. The molecule has 0 radical (unpaired) electrons. The molecule has 1 heterocycles. The van der Waals surface area contributed by atoms with E-state index in [-0.39, 0.29) is 5.56 Å². The molecule has 0 fully saturated rings. The molecule has 0 aliphatic rings. The number of fused-ring (bicyclic) bond motifs is 1. The monoisotopic (exact) mass is 307 g/mol. The third kappa shape index (κ3) is 3.17. The van der Waals surface area contributed by atoms with E-state index in [2.05, 4.69) is 24.2 Å². The highest BCUT2D eigenvalue weighted by Gasteiger charge is 2.11. The van der Waals surface area contributed by atoms with Crippen molar-refractivity contribution in [1.29, 1.82) is 0 Å². The van der Waals surface area contributed by atoms with E-state index in [4.69, 9.17) is 5.73 Å². The molecule has 23 heavy (non-hydrogen) atoms. The second-order valence-corrected chi connectivity index (χ2v) is 5.77. The van der Waals surface area contributed by atoms with Gasteiger partial charge in [0, 0.05) is 18.4 Å². The molecule has 0 saturated heterocycles. The SMILES string of the molecule is Cc1ccccc1Cc1nn(CCCN)c(=O)c2ccccc12. The zero-order valence-electron chi connectivity index (χ0n) is 13.3. The minimum atomic E-state index is -0.0393. The lowest BCUT2D eigenvalue weighted by molar-refractivity contribution is 0.551. The van der Waals surface area contributed by atoms with Crippen molar-refractivity contribution < 1.29 is 0 Å². The highest BCUT2D eigenvalue weighted by atomic mass is 16.1. The van der Waals surface area contributed by atoms with Crippen LogP contribution in [0.2, 0.25) is 0 Å². The summed E-state index contributed by atoms with van der Waals surface area (Å²) in [5, 5.41) is 6.28. The first-order valence-corrected chi connectivity index (χ1v) is 7.94. The maximum atomic E-state index is 12.6. The number of hydrogen-bond acceptors (Lipinski definition) is 3. The number of nitrogens with two attached hydrogens (primary N) is 1. The van der Waals surface area contributed by atoms with Gasteiger partial charge in [0.05, 0.1) is 11.1 Å². The summed E-state index contributed by atoms with van der Waals surface area (Å²) in [6.07, 6.45) is 1.46. The van der Waals surface area contributed by atoms with Crippen molar-refractivity contribution in [2.75, 3.05) is 6.54 Å². The van der Waals surface area contributed by atoms with E-state index >= 15 is 0 Å². The van der Waals surface area contributed by atoms with Crippen LogP contribution in [0, 0.1) is 6.92 Å². The number of benzene rings is 2. The molecular weight excluding hydrogens is 286 g/mol. The molecule has 2 aromatic carbocycles. The number of aromatic nitrogens is 2. The predicted molar refractivity (Wildman–Crippen MR) is 93.7 cm³/mol. The topological polar surface area (TPSA) is 60.9 Å². The van der Waals surface area contributed by atoms with Crippen molar-refractivity contribution in [3.8, 4) is 0 Å². The van der Waals surface area contributed by atoms with Crippen LogP contribution in [0.1, 0.15) is 23.2 Å².